The topological polar surface area (TPSA) is 98.7 Å². The fourth-order valence-corrected chi connectivity index (χ4v) is 2.46. The van der Waals surface area contributed by atoms with Crippen LogP contribution in [-0.4, -0.2) is 31.3 Å². The van der Waals surface area contributed by atoms with E-state index in [0.717, 1.165) is 11.3 Å². The Balaban J connectivity index is 1.46. The average Bonchev–Trinajstić information content (AvgIpc) is 3.37. The second-order valence-electron chi connectivity index (χ2n) is 5.47. The lowest BCUT2D eigenvalue weighted by Crippen LogP contribution is -2.24. The second kappa shape index (κ2) is 6.98. The Morgan fingerprint density at radius 2 is 1.77 bits per heavy atom. The highest BCUT2D eigenvalue weighted by atomic mass is 16.5. The molecule has 4 rings (SSSR count). The third kappa shape index (κ3) is 3.20. The van der Waals surface area contributed by atoms with E-state index in [1.807, 2.05) is 60.7 Å². The van der Waals surface area contributed by atoms with Crippen LogP contribution in [0.25, 0.3) is 16.9 Å². The molecular weight excluding hydrogens is 332 g/mol. The fraction of sp³-hybridized carbons (Fsp3) is 0.0556. The Labute approximate surface area is 148 Å². The first-order valence-corrected chi connectivity index (χ1v) is 7.94. The maximum absolute atomic E-state index is 12.3. The largest absolute Gasteiger partial charge is 0.350 e. The van der Waals surface area contributed by atoms with Crippen molar-refractivity contribution in [3.05, 3.63) is 78.3 Å². The molecule has 2 heterocycles. The Morgan fingerprint density at radius 1 is 1.04 bits per heavy atom. The van der Waals surface area contributed by atoms with E-state index in [1.165, 1.54) is 0 Å². The van der Waals surface area contributed by atoms with Gasteiger partial charge in [-0.3, -0.25) is 4.79 Å². The Hall–Kier alpha value is -3.81. The molecule has 1 amide bonds. The lowest BCUT2D eigenvalue weighted by atomic mass is 10.1. The molecule has 128 valence electrons. The molecular formula is C18H14N6O2. The summed E-state index contributed by atoms with van der Waals surface area (Å²) in [4.78, 5) is 12.3. The monoisotopic (exact) mass is 346 g/mol. The maximum atomic E-state index is 12.3. The van der Waals surface area contributed by atoms with Gasteiger partial charge in [-0.25, -0.2) is 0 Å². The number of hydrogen-bond donors (Lipinski definition) is 1. The second-order valence-corrected chi connectivity index (χ2v) is 5.47. The summed E-state index contributed by atoms with van der Waals surface area (Å²) in [6, 6.07) is 20.5. The van der Waals surface area contributed by atoms with Gasteiger partial charge in [-0.05, 0) is 22.6 Å². The number of amides is 1. The van der Waals surface area contributed by atoms with Gasteiger partial charge in [0.1, 0.15) is 5.69 Å². The van der Waals surface area contributed by atoms with Crippen LogP contribution in [0.4, 0.5) is 0 Å². The van der Waals surface area contributed by atoms with Gasteiger partial charge in [-0.1, -0.05) is 53.7 Å². The summed E-state index contributed by atoms with van der Waals surface area (Å²) in [5, 5.41) is 18.2. The van der Waals surface area contributed by atoms with Gasteiger partial charge in [0.2, 0.25) is 5.76 Å². The first-order chi connectivity index (χ1) is 12.8. The van der Waals surface area contributed by atoms with Crippen LogP contribution in [-0.2, 0) is 6.54 Å². The normalized spacial score (nSPS) is 10.6. The van der Waals surface area contributed by atoms with Crippen molar-refractivity contribution in [1.82, 2.24) is 30.7 Å². The molecule has 0 spiro atoms. The van der Waals surface area contributed by atoms with Crippen LogP contribution in [0.2, 0.25) is 0 Å². The van der Waals surface area contributed by atoms with Crippen molar-refractivity contribution >= 4 is 5.91 Å². The van der Waals surface area contributed by atoms with E-state index in [2.05, 4.69) is 26.0 Å². The molecule has 0 aliphatic rings. The molecule has 0 aliphatic carbocycles. The van der Waals surface area contributed by atoms with E-state index >= 15 is 0 Å². The van der Waals surface area contributed by atoms with Crippen molar-refractivity contribution in [3.63, 3.8) is 0 Å². The molecule has 0 unspecified atom stereocenters. The van der Waals surface area contributed by atoms with Crippen molar-refractivity contribution < 1.29 is 9.32 Å². The number of nitrogens with one attached hydrogen (secondary N) is 1. The number of tetrazole rings is 1. The van der Waals surface area contributed by atoms with Crippen molar-refractivity contribution in [1.29, 1.82) is 0 Å². The zero-order chi connectivity index (χ0) is 17.8. The number of benzene rings is 2. The molecule has 0 atom stereocenters. The van der Waals surface area contributed by atoms with Crippen LogP contribution in [0.3, 0.4) is 0 Å². The van der Waals surface area contributed by atoms with Crippen LogP contribution in [0.5, 0.6) is 0 Å². The van der Waals surface area contributed by atoms with Gasteiger partial charge in [0.05, 0.1) is 12.2 Å². The third-order valence-electron chi connectivity index (χ3n) is 3.75. The molecule has 26 heavy (non-hydrogen) atoms. The summed E-state index contributed by atoms with van der Waals surface area (Å²) in [6.07, 6.45) is 0. The van der Waals surface area contributed by atoms with E-state index in [-0.39, 0.29) is 18.2 Å². The first-order valence-electron chi connectivity index (χ1n) is 7.94. The van der Waals surface area contributed by atoms with Crippen molar-refractivity contribution in [2.24, 2.45) is 0 Å². The molecule has 1 N–H and O–H groups in total. The third-order valence-corrected chi connectivity index (χ3v) is 3.75. The zero-order valence-corrected chi connectivity index (χ0v) is 13.6. The van der Waals surface area contributed by atoms with Crippen LogP contribution >= 0.6 is 0 Å². The number of para-hydroxylation sites is 1. The van der Waals surface area contributed by atoms with E-state index in [1.54, 1.807) is 10.7 Å². The van der Waals surface area contributed by atoms with Gasteiger partial charge in [-0.2, -0.15) is 4.68 Å². The van der Waals surface area contributed by atoms with Gasteiger partial charge in [-0.15, -0.1) is 5.10 Å². The molecule has 2 aromatic carbocycles. The molecule has 0 bridgehead atoms. The van der Waals surface area contributed by atoms with E-state index < -0.39 is 0 Å². The molecule has 0 fully saturated rings. The number of nitrogens with zero attached hydrogens (tertiary/aromatic N) is 5. The van der Waals surface area contributed by atoms with Crippen molar-refractivity contribution in [2.75, 3.05) is 0 Å². The van der Waals surface area contributed by atoms with Crippen LogP contribution < -0.4 is 5.32 Å². The standard InChI is InChI=1S/C18H14N6O2/c25-18(16-11-15(21-26-16)13-7-3-1-4-8-13)19-12-17-20-22-23-24(17)14-9-5-2-6-10-14/h1-11H,12H2,(H,19,25). The maximum Gasteiger partial charge on any atom is 0.290 e. The van der Waals surface area contributed by atoms with Gasteiger partial charge >= 0.3 is 0 Å². The minimum atomic E-state index is -0.387. The number of carbonyl (C=O) groups excluding carboxylic acids is 1. The van der Waals surface area contributed by atoms with Crippen LogP contribution in [0.1, 0.15) is 16.4 Å². The number of carbonyl (C=O) groups is 1. The lowest BCUT2D eigenvalue weighted by Gasteiger charge is -2.04. The van der Waals surface area contributed by atoms with Crippen molar-refractivity contribution in [3.8, 4) is 16.9 Å². The van der Waals surface area contributed by atoms with E-state index in [9.17, 15) is 4.79 Å². The molecule has 0 radical (unpaired) electrons. The summed E-state index contributed by atoms with van der Waals surface area (Å²) in [7, 11) is 0. The first kappa shape index (κ1) is 15.7. The highest BCUT2D eigenvalue weighted by molar-refractivity contribution is 5.92. The van der Waals surface area contributed by atoms with Gasteiger partial charge < -0.3 is 9.84 Å². The minimum absolute atomic E-state index is 0.127. The predicted molar refractivity (Wildman–Crippen MR) is 92.3 cm³/mol. The summed E-state index contributed by atoms with van der Waals surface area (Å²) in [5.41, 5.74) is 2.29. The average molecular weight is 346 g/mol. The van der Waals surface area contributed by atoms with Crippen LogP contribution in [0, 0.1) is 0 Å². The van der Waals surface area contributed by atoms with Gasteiger partial charge in [0.25, 0.3) is 5.91 Å². The molecule has 0 saturated heterocycles. The number of hydrogen-bond acceptors (Lipinski definition) is 6. The Kier molecular flexibility index (Phi) is 4.21. The minimum Gasteiger partial charge on any atom is -0.350 e. The summed E-state index contributed by atoms with van der Waals surface area (Å²) in [6.45, 7) is 0.155. The number of rotatable bonds is 5. The highest BCUT2D eigenvalue weighted by Crippen LogP contribution is 2.18. The fourth-order valence-electron chi connectivity index (χ4n) is 2.46. The molecule has 8 nitrogen and oxygen atoms in total. The van der Waals surface area contributed by atoms with Gasteiger partial charge in [0.15, 0.2) is 5.82 Å². The summed E-state index contributed by atoms with van der Waals surface area (Å²) in [5.74, 6) is 0.247. The van der Waals surface area contributed by atoms with E-state index in [0.29, 0.717) is 11.5 Å². The Morgan fingerprint density at radius 3 is 2.54 bits per heavy atom. The zero-order valence-electron chi connectivity index (χ0n) is 13.6. The van der Waals surface area contributed by atoms with Crippen molar-refractivity contribution in [2.45, 2.75) is 6.54 Å². The molecule has 0 aliphatic heterocycles. The van der Waals surface area contributed by atoms with Gasteiger partial charge in [0, 0.05) is 11.6 Å². The highest BCUT2D eigenvalue weighted by Gasteiger charge is 2.15. The quantitative estimate of drug-likeness (QED) is 0.595. The summed E-state index contributed by atoms with van der Waals surface area (Å²) < 4.78 is 6.71. The predicted octanol–water partition coefficient (Wildman–Crippen LogP) is 2.25. The van der Waals surface area contributed by atoms with E-state index in [4.69, 9.17) is 4.52 Å². The lowest BCUT2D eigenvalue weighted by molar-refractivity contribution is 0.0912. The summed E-state index contributed by atoms with van der Waals surface area (Å²) >= 11 is 0. The SMILES string of the molecule is O=C(NCc1nnnn1-c1ccccc1)c1cc(-c2ccccc2)no1. The van der Waals surface area contributed by atoms with Crippen LogP contribution in [0.15, 0.2) is 71.3 Å². The molecule has 8 heteroatoms. The smallest absolute Gasteiger partial charge is 0.290 e. The number of aromatic nitrogens is 5. The Bertz CT molecular complexity index is 1010. The molecule has 0 saturated carbocycles. The molecule has 2 aromatic heterocycles. The molecule has 4 aromatic rings.